The summed E-state index contributed by atoms with van der Waals surface area (Å²) in [5, 5.41) is 11.5. The van der Waals surface area contributed by atoms with Crippen LogP contribution < -0.4 is 10.6 Å². The van der Waals surface area contributed by atoms with Crippen LogP contribution in [-0.2, 0) is 0 Å². The van der Waals surface area contributed by atoms with Crippen molar-refractivity contribution in [3.8, 4) is 0 Å². The van der Waals surface area contributed by atoms with E-state index in [4.69, 9.17) is 10.9 Å². The summed E-state index contributed by atoms with van der Waals surface area (Å²) in [6, 6.07) is 9.02. The monoisotopic (exact) mass is 288 g/mol. The lowest BCUT2D eigenvalue weighted by Crippen LogP contribution is -2.27. The number of amidine groups is 1. The molecule has 0 saturated heterocycles. The molecule has 0 bridgehead atoms. The van der Waals surface area contributed by atoms with E-state index >= 15 is 0 Å². The summed E-state index contributed by atoms with van der Waals surface area (Å²) in [6.45, 7) is 0. The molecule has 0 atom stereocenters. The fraction of sp³-hybridized carbons (Fsp3) is 0.0714. The first-order chi connectivity index (χ1) is 10.0. The lowest BCUT2D eigenvalue weighted by atomic mass is 10.2. The van der Waals surface area contributed by atoms with E-state index < -0.39 is 5.82 Å². The van der Waals surface area contributed by atoms with Crippen LogP contribution in [0.5, 0.6) is 0 Å². The highest BCUT2D eigenvalue weighted by atomic mass is 19.1. The molecule has 0 spiro atoms. The minimum absolute atomic E-state index is 0.0178. The van der Waals surface area contributed by atoms with Gasteiger partial charge in [-0.2, -0.15) is 0 Å². The molecule has 0 saturated carbocycles. The fourth-order valence-corrected chi connectivity index (χ4v) is 1.70. The van der Waals surface area contributed by atoms with Gasteiger partial charge in [0.05, 0.1) is 6.20 Å². The molecule has 0 fully saturated rings. The number of halogens is 1. The van der Waals surface area contributed by atoms with Crippen molar-refractivity contribution in [1.82, 2.24) is 4.98 Å². The zero-order valence-corrected chi connectivity index (χ0v) is 11.2. The van der Waals surface area contributed by atoms with E-state index in [1.54, 1.807) is 31.3 Å². The van der Waals surface area contributed by atoms with Crippen LogP contribution in [0.25, 0.3) is 0 Å². The van der Waals surface area contributed by atoms with Crippen molar-refractivity contribution in [2.45, 2.75) is 0 Å². The van der Waals surface area contributed by atoms with E-state index in [-0.39, 0.29) is 17.4 Å². The second-order valence-corrected chi connectivity index (χ2v) is 4.26. The number of carbonyl (C=O) groups is 1. The van der Waals surface area contributed by atoms with Gasteiger partial charge in [-0.05, 0) is 36.4 Å². The summed E-state index contributed by atoms with van der Waals surface area (Å²) in [5.41, 5.74) is 6.73. The maximum atomic E-state index is 12.8. The van der Waals surface area contributed by atoms with Gasteiger partial charge in [-0.25, -0.2) is 9.37 Å². The summed E-state index contributed by atoms with van der Waals surface area (Å²) in [7, 11) is 1.58. The van der Waals surface area contributed by atoms with Crippen LogP contribution in [0.15, 0.2) is 47.8 Å². The van der Waals surface area contributed by atoms with Gasteiger partial charge >= 0.3 is 0 Å². The third kappa shape index (κ3) is 3.14. The molecule has 1 aromatic heterocycles. The Morgan fingerprint density at radius 2 is 1.95 bits per heavy atom. The Labute approximate surface area is 120 Å². The van der Waals surface area contributed by atoms with Crippen molar-refractivity contribution in [2.24, 2.45) is 10.9 Å². The zero-order chi connectivity index (χ0) is 15.4. The number of oxime groups is 1. The van der Waals surface area contributed by atoms with Crippen LogP contribution in [0.1, 0.15) is 16.1 Å². The van der Waals surface area contributed by atoms with Gasteiger partial charge in [0, 0.05) is 18.3 Å². The Morgan fingerprint density at radius 3 is 2.48 bits per heavy atom. The predicted octanol–water partition coefficient (Wildman–Crippen LogP) is 1.59. The van der Waals surface area contributed by atoms with Crippen molar-refractivity contribution in [1.29, 1.82) is 0 Å². The van der Waals surface area contributed by atoms with Crippen molar-refractivity contribution in [2.75, 3.05) is 11.9 Å². The van der Waals surface area contributed by atoms with Crippen molar-refractivity contribution >= 4 is 17.4 Å². The predicted molar refractivity (Wildman–Crippen MR) is 75.9 cm³/mol. The second kappa shape index (κ2) is 6.00. The highest BCUT2D eigenvalue weighted by Gasteiger charge is 2.15. The number of pyridine rings is 1. The van der Waals surface area contributed by atoms with Gasteiger partial charge in [0.1, 0.15) is 11.5 Å². The van der Waals surface area contributed by atoms with E-state index in [0.717, 1.165) is 6.20 Å². The number of amides is 1. The molecule has 0 aliphatic carbocycles. The number of nitrogens with zero attached hydrogens (tertiary/aromatic N) is 3. The fourth-order valence-electron chi connectivity index (χ4n) is 1.70. The Hall–Kier alpha value is -2.96. The van der Waals surface area contributed by atoms with Crippen LogP contribution in [0.3, 0.4) is 0 Å². The maximum Gasteiger partial charge on any atom is 0.276 e. The van der Waals surface area contributed by atoms with Crippen molar-refractivity contribution in [3.63, 3.8) is 0 Å². The first-order valence-electron chi connectivity index (χ1n) is 6.00. The quantitative estimate of drug-likeness (QED) is 0.388. The molecular formula is C14H13FN4O2. The SMILES string of the molecule is CN(C(=O)c1ccc(F)cn1)c1ccc(/C(N)=N/O)cc1. The Bertz CT molecular complexity index is 668. The average Bonchev–Trinajstić information content (AvgIpc) is 2.53. The normalized spacial score (nSPS) is 11.2. The van der Waals surface area contributed by atoms with Crippen LogP contribution in [0, 0.1) is 5.82 Å². The summed E-state index contributed by atoms with van der Waals surface area (Å²) < 4.78 is 12.8. The number of carbonyl (C=O) groups excluding carboxylic acids is 1. The molecule has 7 heteroatoms. The van der Waals surface area contributed by atoms with E-state index in [9.17, 15) is 9.18 Å². The Kier molecular flexibility index (Phi) is 4.13. The van der Waals surface area contributed by atoms with Crippen molar-refractivity contribution in [3.05, 3.63) is 59.7 Å². The number of anilines is 1. The average molecular weight is 288 g/mol. The largest absolute Gasteiger partial charge is 0.409 e. The minimum atomic E-state index is -0.502. The smallest absolute Gasteiger partial charge is 0.276 e. The van der Waals surface area contributed by atoms with Crippen LogP contribution in [0.4, 0.5) is 10.1 Å². The summed E-state index contributed by atoms with van der Waals surface area (Å²) in [5.74, 6) is -0.889. The molecule has 0 aliphatic rings. The summed E-state index contributed by atoms with van der Waals surface area (Å²) in [6.07, 6.45) is 0.989. The molecule has 1 amide bonds. The first-order valence-corrected chi connectivity index (χ1v) is 6.00. The van der Waals surface area contributed by atoms with E-state index in [2.05, 4.69) is 10.1 Å². The van der Waals surface area contributed by atoms with Gasteiger partial charge in [0.15, 0.2) is 5.84 Å². The Morgan fingerprint density at radius 1 is 1.29 bits per heavy atom. The minimum Gasteiger partial charge on any atom is -0.409 e. The first kappa shape index (κ1) is 14.4. The standard InChI is InChI=1S/C14H13FN4O2/c1-19(14(20)12-7-4-10(15)8-17-12)11-5-2-9(3-6-11)13(16)18-21/h2-8,21H,1H3,(H2,16,18). The molecule has 108 valence electrons. The topological polar surface area (TPSA) is 91.8 Å². The summed E-state index contributed by atoms with van der Waals surface area (Å²) in [4.78, 5) is 17.3. The van der Waals surface area contributed by atoms with Gasteiger partial charge in [0.2, 0.25) is 0 Å². The molecule has 0 unspecified atom stereocenters. The zero-order valence-electron chi connectivity index (χ0n) is 11.2. The molecule has 2 aromatic rings. The molecule has 2 rings (SSSR count). The lowest BCUT2D eigenvalue weighted by molar-refractivity contribution is 0.0988. The number of aromatic nitrogens is 1. The van der Waals surface area contributed by atoms with E-state index in [0.29, 0.717) is 11.3 Å². The third-order valence-corrected chi connectivity index (χ3v) is 2.91. The highest BCUT2D eigenvalue weighted by molar-refractivity contribution is 6.04. The van der Waals surface area contributed by atoms with Crippen LogP contribution in [0.2, 0.25) is 0 Å². The molecule has 1 heterocycles. The number of hydrogen-bond acceptors (Lipinski definition) is 4. The van der Waals surface area contributed by atoms with Gasteiger partial charge in [0.25, 0.3) is 5.91 Å². The Balaban J connectivity index is 2.21. The highest BCUT2D eigenvalue weighted by Crippen LogP contribution is 2.16. The number of rotatable bonds is 3. The van der Waals surface area contributed by atoms with E-state index in [1.807, 2.05) is 0 Å². The molecular weight excluding hydrogens is 275 g/mol. The van der Waals surface area contributed by atoms with Gasteiger partial charge in [-0.1, -0.05) is 5.16 Å². The van der Waals surface area contributed by atoms with Gasteiger partial charge < -0.3 is 15.8 Å². The summed E-state index contributed by atoms with van der Waals surface area (Å²) >= 11 is 0. The van der Waals surface area contributed by atoms with Crippen molar-refractivity contribution < 1.29 is 14.4 Å². The van der Waals surface area contributed by atoms with E-state index in [1.165, 1.54) is 17.0 Å². The molecule has 1 aromatic carbocycles. The van der Waals surface area contributed by atoms with Crippen LogP contribution >= 0.6 is 0 Å². The van der Waals surface area contributed by atoms with Gasteiger partial charge in [-0.3, -0.25) is 4.79 Å². The third-order valence-electron chi connectivity index (χ3n) is 2.91. The van der Waals surface area contributed by atoms with Crippen LogP contribution in [-0.4, -0.2) is 29.0 Å². The maximum absolute atomic E-state index is 12.8. The molecule has 3 N–H and O–H groups in total. The number of hydrogen-bond donors (Lipinski definition) is 2. The lowest BCUT2D eigenvalue weighted by Gasteiger charge is -2.17. The number of nitrogens with two attached hydrogens (primary N) is 1. The van der Waals surface area contributed by atoms with Gasteiger partial charge in [-0.15, -0.1) is 0 Å². The molecule has 6 nitrogen and oxygen atoms in total. The molecule has 21 heavy (non-hydrogen) atoms. The number of benzene rings is 1. The molecule has 0 radical (unpaired) electrons. The molecule has 0 aliphatic heterocycles. The second-order valence-electron chi connectivity index (χ2n) is 4.26.